The van der Waals surface area contributed by atoms with Gasteiger partial charge in [-0.2, -0.15) is 0 Å². The Bertz CT molecular complexity index is 609. The van der Waals surface area contributed by atoms with Gasteiger partial charge in [0.1, 0.15) is 0 Å². The van der Waals surface area contributed by atoms with E-state index in [-0.39, 0.29) is 0 Å². The molecule has 2 rings (SSSR count). The van der Waals surface area contributed by atoms with Crippen LogP contribution in [0.4, 0.5) is 0 Å². The molecule has 8 nitrogen and oxygen atoms in total. The largest absolute Gasteiger partial charge is 0.467 e. The number of benzene rings is 1. The summed E-state index contributed by atoms with van der Waals surface area (Å²) in [4.78, 5) is 23.2. The summed E-state index contributed by atoms with van der Waals surface area (Å²) >= 11 is 0. The lowest BCUT2D eigenvalue weighted by atomic mass is 10.1. The second kappa shape index (κ2) is 6.62. The first kappa shape index (κ1) is 14.7. The number of aliphatic hydroxyl groups excluding tert-OH is 1. The van der Waals surface area contributed by atoms with Gasteiger partial charge in [0, 0.05) is 11.1 Å². The number of aromatic nitrogens is 2. The molecule has 0 radical (unpaired) electrons. The molecule has 110 valence electrons. The van der Waals surface area contributed by atoms with Crippen LogP contribution in [-0.2, 0) is 9.53 Å². The summed E-state index contributed by atoms with van der Waals surface area (Å²) in [5, 5.41) is 18.7. The highest BCUT2D eigenvalue weighted by atomic mass is 16.5. The van der Waals surface area contributed by atoms with E-state index in [1.807, 2.05) is 0 Å². The van der Waals surface area contributed by atoms with Gasteiger partial charge in [0.05, 0.1) is 13.7 Å². The van der Waals surface area contributed by atoms with Crippen LogP contribution in [0.2, 0.25) is 0 Å². The summed E-state index contributed by atoms with van der Waals surface area (Å²) < 4.78 is 9.50. The number of aliphatic hydroxyl groups is 1. The van der Waals surface area contributed by atoms with Gasteiger partial charge in [0.15, 0.2) is 6.04 Å². The van der Waals surface area contributed by atoms with Crippen LogP contribution in [0, 0.1) is 0 Å². The molecule has 2 N–H and O–H groups in total. The molecule has 8 heteroatoms. The molecule has 1 aromatic carbocycles. The zero-order valence-corrected chi connectivity index (χ0v) is 11.1. The molecule has 0 saturated heterocycles. The van der Waals surface area contributed by atoms with Crippen molar-refractivity contribution in [3.63, 3.8) is 0 Å². The van der Waals surface area contributed by atoms with Crippen molar-refractivity contribution in [2.24, 2.45) is 0 Å². The van der Waals surface area contributed by atoms with Gasteiger partial charge in [-0.15, -0.1) is 10.2 Å². The molecule has 1 amide bonds. The maximum absolute atomic E-state index is 12.0. The number of esters is 1. The Labute approximate surface area is 119 Å². The highest BCUT2D eigenvalue weighted by Gasteiger charge is 2.21. The third-order valence-electron chi connectivity index (χ3n) is 2.73. The molecule has 1 heterocycles. The van der Waals surface area contributed by atoms with Gasteiger partial charge in [-0.25, -0.2) is 4.79 Å². The quantitative estimate of drug-likeness (QED) is 0.745. The molecule has 0 bridgehead atoms. The van der Waals surface area contributed by atoms with E-state index >= 15 is 0 Å². The maximum Gasteiger partial charge on any atom is 0.330 e. The van der Waals surface area contributed by atoms with Crippen LogP contribution in [-0.4, -0.2) is 46.9 Å². The standard InChI is InChI=1S/C13H13N3O5/c1-20-13(19)10(6-17)15-11(18)8-2-4-9(5-3-8)12-16-14-7-21-12/h2-5,7,10,17H,6H2,1H3,(H,15,18). The fourth-order valence-electron chi connectivity index (χ4n) is 1.63. The summed E-state index contributed by atoms with van der Waals surface area (Å²) in [7, 11) is 1.18. The molecular weight excluding hydrogens is 278 g/mol. The van der Waals surface area contributed by atoms with Crippen molar-refractivity contribution in [2.75, 3.05) is 13.7 Å². The van der Waals surface area contributed by atoms with Crippen LogP contribution in [0.25, 0.3) is 11.5 Å². The summed E-state index contributed by atoms with van der Waals surface area (Å²) in [6, 6.07) is 5.25. The van der Waals surface area contributed by atoms with E-state index in [0.717, 1.165) is 0 Å². The molecule has 0 spiro atoms. The number of ether oxygens (including phenoxy) is 1. The van der Waals surface area contributed by atoms with Crippen molar-refractivity contribution >= 4 is 11.9 Å². The lowest BCUT2D eigenvalue weighted by Crippen LogP contribution is -2.44. The number of nitrogens with zero attached hydrogens (tertiary/aromatic N) is 2. The first-order valence-electron chi connectivity index (χ1n) is 6.02. The molecule has 1 unspecified atom stereocenters. The molecule has 1 atom stereocenters. The molecule has 0 saturated carbocycles. The van der Waals surface area contributed by atoms with Crippen molar-refractivity contribution in [2.45, 2.75) is 6.04 Å². The first-order chi connectivity index (χ1) is 10.2. The third-order valence-corrected chi connectivity index (χ3v) is 2.73. The SMILES string of the molecule is COC(=O)C(CO)NC(=O)c1ccc(-c2nnco2)cc1. The monoisotopic (exact) mass is 291 g/mol. The molecule has 0 aliphatic carbocycles. The number of methoxy groups -OCH3 is 1. The van der Waals surface area contributed by atoms with Crippen molar-refractivity contribution in [3.05, 3.63) is 36.2 Å². The number of carbonyl (C=O) groups is 2. The van der Waals surface area contributed by atoms with Crippen LogP contribution in [0.1, 0.15) is 10.4 Å². The van der Waals surface area contributed by atoms with Gasteiger partial charge in [-0.3, -0.25) is 4.79 Å². The second-order valence-electron chi connectivity index (χ2n) is 4.05. The van der Waals surface area contributed by atoms with Crippen molar-refractivity contribution < 1.29 is 23.8 Å². The van der Waals surface area contributed by atoms with Crippen LogP contribution in [0.5, 0.6) is 0 Å². The number of nitrogens with one attached hydrogen (secondary N) is 1. The average Bonchev–Trinajstić information content (AvgIpc) is 3.06. The topological polar surface area (TPSA) is 115 Å². The van der Waals surface area contributed by atoms with Crippen LogP contribution in [0.15, 0.2) is 35.1 Å². The number of rotatable bonds is 5. The Morgan fingerprint density at radius 3 is 2.62 bits per heavy atom. The lowest BCUT2D eigenvalue weighted by molar-refractivity contribution is -0.143. The number of carbonyl (C=O) groups excluding carboxylic acids is 2. The molecule has 2 aromatic rings. The van der Waals surface area contributed by atoms with Gasteiger partial charge in [0.25, 0.3) is 5.91 Å². The Morgan fingerprint density at radius 1 is 1.38 bits per heavy atom. The fraction of sp³-hybridized carbons (Fsp3) is 0.231. The normalized spacial score (nSPS) is 11.7. The van der Waals surface area contributed by atoms with Crippen LogP contribution < -0.4 is 5.32 Å². The number of hydrogen-bond donors (Lipinski definition) is 2. The van der Waals surface area contributed by atoms with Crippen molar-refractivity contribution in [1.82, 2.24) is 15.5 Å². The third kappa shape index (κ3) is 3.42. The Balaban J connectivity index is 2.08. The molecular formula is C13H13N3O5. The predicted octanol–water partition coefficient (Wildman–Crippen LogP) is 0.000300. The molecule has 0 aliphatic rings. The van der Waals surface area contributed by atoms with Gasteiger partial charge in [-0.1, -0.05) is 0 Å². The first-order valence-corrected chi connectivity index (χ1v) is 6.02. The van der Waals surface area contributed by atoms with Gasteiger partial charge in [-0.05, 0) is 24.3 Å². The highest BCUT2D eigenvalue weighted by Crippen LogP contribution is 2.16. The molecule has 0 aliphatic heterocycles. The zero-order valence-electron chi connectivity index (χ0n) is 11.1. The van der Waals surface area contributed by atoms with Gasteiger partial charge in [0.2, 0.25) is 12.3 Å². The van der Waals surface area contributed by atoms with E-state index in [2.05, 4.69) is 20.3 Å². The molecule has 1 aromatic heterocycles. The number of amides is 1. The number of hydrogen-bond acceptors (Lipinski definition) is 7. The van der Waals surface area contributed by atoms with Gasteiger partial charge < -0.3 is 19.6 Å². The lowest BCUT2D eigenvalue weighted by Gasteiger charge is -2.13. The minimum absolute atomic E-state index is 0.320. The van der Waals surface area contributed by atoms with Gasteiger partial charge >= 0.3 is 5.97 Å². The average molecular weight is 291 g/mol. The van der Waals surface area contributed by atoms with E-state index in [1.54, 1.807) is 24.3 Å². The minimum Gasteiger partial charge on any atom is -0.467 e. The Morgan fingerprint density at radius 2 is 2.10 bits per heavy atom. The van der Waals surface area contributed by atoms with E-state index in [9.17, 15) is 9.59 Å². The van der Waals surface area contributed by atoms with E-state index in [1.165, 1.54) is 13.5 Å². The summed E-state index contributed by atoms with van der Waals surface area (Å²) in [5.74, 6) is -0.880. The summed E-state index contributed by atoms with van der Waals surface area (Å²) in [6.07, 6.45) is 1.21. The smallest absolute Gasteiger partial charge is 0.330 e. The van der Waals surface area contributed by atoms with E-state index in [0.29, 0.717) is 17.0 Å². The van der Waals surface area contributed by atoms with E-state index in [4.69, 9.17) is 9.52 Å². The summed E-state index contributed by atoms with van der Waals surface area (Å²) in [5.41, 5.74) is 0.983. The second-order valence-corrected chi connectivity index (χ2v) is 4.05. The molecule has 0 fully saturated rings. The summed E-state index contributed by atoms with van der Waals surface area (Å²) in [6.45, 7) is -0.543. The van der Waals surface area contributed by atoms with E-state index < -0.39 is 24.5 Å². The zero-order chi connectivity index (χ0) is 15.2. The highest BCUT2D eigenvalue weighted by molar-refractivity contribution is 5.97. The van der Waals surface area contributed by atoms with Crippen molar-refractivity contribution in [3.8, 4) is 11.5 Å². The van der Waals surface area contributed by atoms with Crippen LogP contribution in [0.3, 0.4) is 0 Å². The van der Waals surface area contributed by atoms with Crippen molar-refractivity contribution in [1.29, 1.82) is 0 Å². The Hall–Kier alpha value is -2.74. The predicted molar refractivity (Wildman–Crippen MR) is 70.1 cm³/mol. The fourth-order valence-corrected chi connectivity index (χ4v) is 1.63. The van der Waals surface area contributed by atoms with Crippen LogP contribution >= 0.6 is 0 Å². The minimum atomic E-state index is -1.10. The maximum atomic E-state index is 12.0. The Kier molecular flexibility index (Phi) is 4.62. The molecule has 21 heavy (non-hydrogen) atoms.